The maximum atomic E-state index is 11.8. The predicted molar refractivity (Wildman–Crippen MR) is 61.9 cm³/mol. The third-order valence-electron chi connectivity index (χ3n) is 3.22. The number of hydrogen-bond acceptors (Lipinski definition) is 2. The molecule has 2 N–H and O–H groups in total. The fourth-order valence-corrected chi connectivity index (χ4v) is 2.25. The van der Waals surface area contributed by atoms with Crippen molar-refractivity contribution >= 4 is 5.91 Å². The van der Waals surface area contributed by atoms with Crippen molar-refractivity contribution in [3.8, 4) is 0 Å². The standard InChI is InChI=1S/C12H19N3O/c16-12(10-4-2-1-3-5-10)14-7-6-11-8-13-9-15-11/h8-10H,1-7H2,(H,13,15)(H,14,16). The number of aromatic amines is 1. The predicted octanol–water partition coefficient (Wildman–Crippen LogP) is 1.65. The minimum atomic E-state index is 0.235. The molecule has 0 spiro atoms. The van der Waals surface area contributed by atoms with Crippen molar-refractivity contribution in [3.05, 3.63) is 18.2 Å². The van der Waals surface area contributed by atoms with Crippen LogP contribution in [-0.4, -0.2) is 22.4 Å². The molecule has 0 saturated heterocycles. The average Bonchev–Trinajstić information content (AvgIpc) is 2.83. The molecule has 0 aromatic carbocycles. The van der Waals surface area contributed by atoms with Gasteiger partial charge in [0.25, 0.3) is 0 Å². The molecule has 1 amide bonds. The molecule has 0 bridgehead atoms. The third-order valence-corrected chi connectivity index (χ3v) is 3.22. The molecular formula is C12H19N3O. The van der Waals surface area contributed by atoms with Crippen LogP contribution in [0, 0.1) is 5.92 Å². The van der Waals surface area contributed by atoms with Gasteiger partial charge < -0.3 is 10.3 Å². The van der Waals surface area contributed by atoms with Crippen molar-refractivity contribution in [1.29, 1.82) is 0 Å². The Morgan fingerprint density at radius 1 is 1.44 bits per heavy atom. The lowest BCUT2D eigenvalue weighted by molar-refractivity contribution is -0.125. The number of carbonyl (C=O) groups is 1. The van der Waals surface area contributed by atoms with Gasteiger partial charge in [0.05, 0.1) is 6.33 Å². The summed E-state index contributed by atoms with van der Waals surface area (Å²) < 4.78 is 0. The highest BCUT2D eigenvalue weighted by Crippen LogP contribution is 2.23. The zero-order valence-corrected chi connectivity index (χ0v) is 9.54. The zero-order chi connectivity index (χ0) is 11.2. The van der Waals surface area contributed by atoms with Crippen molar-refractivity contribution in [2.75, 3.05) is 6.54 Å². The first kappa shape index (κ1) is 11.2. The van der Waals surface area contributed by atoms with E-state index in [1.807, 2.05) is 0 Å². The minimum absolute atomic E-state index is 0.235. The fourth-order valence-electron chi connectivity index (χ4n) is 2.25. The van der Waals surface area contributed by atoms with E-state index in [-0.39, 0.29) is 11.8 Å². The number of aromatic nitrogens is 2. The molecule has 1 aromatic rings. The van der Waals surface area contributed by atoms with Crippen LogP contribution in [0.3, 0.4) is 0 Å². The molecule has 1 aromatic heterocycles. The third kappa shape index (κ3) is 3.08. The molecule has 4 heteroatoms. The molecule has 1 saturated carbocycles. The summed E-state index contributed by atoms with van der Waals surface area (Å²) in [5, 5.41) is 3.00. The van der Waals surface area contributed by atoms with Gasteiger partial charge in [0.1, 0.15) is 0 Å². The summed E-state index contributed by atoms with van der Waals surface area (Å²) in [7, 11) is 0. The maximum Gasteiger partial charge on any atom is 0.223 e. The molecule has 1 aliphatic rings. The van der Waals surface area contributed by atoms with E-state index in [4.69, 9.17) is 0 Å². The SMILES string of the molecule is O=C(NCCc1cnc[nH]1)C1CCCCC1. The Bertz CT molecular complexity index is 315. The first-order valence-corrected chi connectivity index (χ1v) is 6.11. The molecule has 4 nitrogen and oxygen atoms in total. The number of carbonyl (C=O) groups excluding carboxylic acids is 1. The van der Waals surface area contributed by atoms with Crippen LogP contribution >= 0.6 is 0 Å². The molecule has 16 heavy (non-hydrogen) atoms. The number of hydrogen-bond donors (Lipinski definition) is 2. The maximum absolute atomic E-state index is 11.8. The number of rotatable bonds is 4. The van der Waals surface area contributed by atoms with E-state index in [0.717, 1.165) is 25.0 Å². The van der Waals surface area contributed by atoms with E-state index in [1.54, 1.807) is 12.5 Å². The van der Waals surface area contributed by atoms with E-state index < -0.39 is 0 Å². The van der Waals surface area contributed by atoms with Gasteiger partial charge in [0.2, 0.25) is 5.91 Å². The molecule has 1 heterocycles. The van der Waals surface area contributed by atoms with Crippen LogP contribution in [0.1, 0.15) is 37.8 Å². The van der Waals surface area contributed by atoms with E-state index in [2.05, 4.69) is 15.3 Å². The molecule has 1 fully saturated rings. The fraction of sp³-hybridized carbons (Fsp3) is 0.667. The lowest BCUT2D eigenvalue weighted by Crippen LogP contribution is -2.33. The molecule has 0 atom stereocenters. The highest BCUT2D eigenvalue weighted by Gasteiger charge is 2.20. The van der Waals surface area contributed by atoms with E-state index in [1.165, 1.54) is 19.3 Å². The van der Waals surface area contributed by atoms with Crippen LogP contribution in [-0.2, 0) is 11.2 Å². The quantitative estimate of drug-likeness (QED) is 0.812. The van der Waals surface area contributed by atoms with Gasteiger partial charge in [-0.3, -0.25) is 4.79 Å². The molecule has 0 unspecified atom stereocenters. The summed E-state index contributed by atoms with van der Waals surface area (Å²) in [4.78, 5) is 18.8. The number of amides is 1. The van der Waals surface area contributed by atoms with Gasteiger partial charge in [-0.05, 0) is 12.8 Å². The van der Waals surface area contributed by atoms with E-state index >= 15 is 0 Å². The summed E-state index contributed by atoms with van der Waals surface area (Å²) in [6.07, 6.45) is 10.1. The van der Waals surface area contributed by atoms with Crippen molar-refractivity contribution < 1.29 is 4.79 Å². The highest BCUT2D eigenvalue weighted by atomic mass is 16.1. The van der Waals surface area contributed by atoms with Crippen LogP contribution < -0.4 is 5.32 Å². The Morgan fingerprint density at radius 3 is 2.94 bits per heavy atom. The number of nitrogens with zero attached hydrogens (tertiary/aromatic N) is 1. The first-order valence-electron chi connectivity index (χ1n) is 6.11. The lowest BCUT2D eigenvalue weighted by Gasteiger charge is -2.20. The molecule has 1 aliphatic carbocycles. The van der Waals surface area contributed by atoms with E-state index in [0.29, 0.717) is 6.54 Å². The topological polar surface area (TPSA) is 57.8 Å². The number of imidazole rings is 1. The minimum Gasteiger partial charge on any atom is -0.355 e. The van der Waals surface area contributed by atoms with Crippen molar-refractivity contribution in [2.24, 2.45) is 5.92 Å². The Balaban J connectivity index is 1.67. The summed E-state index contributed by atoms with van der Waals surface area (Å²) in [5.41, 5.74) is 1.07. The lowest BCUT2D eigenvalue weighted by atomic mass is 9.89. The van der Waals surface area contributed by atoms with Crippen molar-refractivity contribution in [1.82, 2.24) is 15.3 Å². The van der Waals surface area contributed by atoms with Crippen LogP contribution in [0.2, 0.25) is 0 Å². The summed E-state index contributed by atoms with van der Waals surface area (Å²) in [6, 6.07) is 0. The van der Waals surface area contributed by atoms with Crippen molar-refractivity contribution in [2.45, 2.75) is 38.5 Å². The summed E-state index contributed by atoms with van der Waals surface area (Å²) in [6.45, 7) is 0.706. The molecule has 88 valence electrons. The monoisotopic (exact) mass is 221 g/mol. The Morgan fingerprint density at radius 2 is 2.25 bits per heavy atom. The zero-order valence-electron chi connectivity index (χ0n) is 9.54. The van der Waals surface area contributed by atoms with Crippen molar-refractivity contribution in [3.63, 3.8) is 0 Å². The largest absolute Gasteiger partial charge is 0.355 e. The van der Waals surface area contributed by atoms with Crippen LogP contribution in [0.25, 0.3) is 0 Å². The van der Waals surface area contributed by atoms with Crippen LogP contribution in [0.5, 0.6) is 0 Å². The smallest absolute Gasteiger partial charge is 0.223 e. The van der Waals surface area contributed by atoms with Crippen LogP contribution in [0.4, 0.5) is 0 Å². The van der Waals surface area contributed by atoms with Crippen LogP contribution in [0.15, 0.2) is 12.5 Å². The van der Waals surface area contributed by atoms with Gasteiger partial charge in [-0.2, -0.15) is 0 Å². The average molecular weight is 221 g/mol. The Hall–Kier alpha value is -1.32. The second-order valence-electron chi connectivity index (χ2n) is 4.45. The van der Waals surface area contributed by atoms with Gasteiger partial charge in [0, 0.05) is 30.8 Å². The second kappa shape index (κ2) is 5.68. The van der Waals surface area contributed by atoms with Gasteiger partial charge in [-0.15, -0.1) is 0 Å². The Labute approximate surface area is 95.9 Å². The first-order chi connectivity index (χ1) is 7.86. The van der Waals surface area contributed by atoms with Gasteiger partial charge >= 0.3 is 0 Å². The number of nitrogens with one attached hydrogen (secondary N) is 2. The number of H-pyrrole nitrogens is 1. The molecule has 2 rings (SSSR count). The molecule has 0 radical (unpaired) electrons. The van der Waals surface area contributed by atoms with Gasteiger partial charge in [-0.25, -0.2) is 4.98 Å². The highest BCUT2D eigenvalue weighted by molar-refractivity contribution is 5.78. The Kier molecular flexibility index (Phi) is 3.97. The normalized spacial score (nSPS) is 17.2. The van der Waals surface area contributed by atoms with Gasteiger partial charge in [-0.1, -0.05) is 19.3 Å². The molecule has 0 aliphatic heterocycles. The van der Waals surface area contributed by atoms with E-state index in [9.17, 15) is 4.79 Å². The van der Waals surface area contributed by atoms with Gasteiger partial charge in [0.15, 0.2) is 0 Å². The second-order valence-corrected chi connectivity index (χ2v) is 4.45. The summed E-state index contributed by atoms with van der Waals surface area (Å²) in [5.74, 6) is 0.495. The summed E-state index contributed by atoms with van der Waals surface area (Å²) >= 11 is 0. The molecular weight excluding hydrogens is 202 g/mol.